The molecule has 144 valence electrons. The normalized spacial score (nSPS) is 14.6. The monoisotopic (exact) mass is 409 g/mol. The number of hydrogen-bond donors (Lipinski definition) is 3. The van der Waals surface area contributed by atoms with Crippen LogP contribution in [0.3, 0.4) is 0 Å². The molecule has 0 bridgehead atoms. The van der Waals surface area contributed by atoms with E-state index in [0.717, 1.165) is 13.1 Å². The Morgan fingerprint density at radius 2 is 1.96 bits per heavy atom. The second-order valence-corrected chi connectivity index (χ2v) is 8.21. The molecule has 0 radical (unpaired) electrons. The van der Waals surface area contributed by atoms with Gasteiger partial charge < -0.3 is 15.4 Å². The van der Waals surface area contributed by atoms with Crippen molar-refractivity contribution < 1.29 is 17.9 Å². The van der Waals surface area contributed by atoms with Crippen molar-refractivity contribution in [1.29, 1.82) is 0 Å². The Bertz CT molecular complexity index is 945. The van der Waals surface area contributed by atoms with E-state index in [1.807, 2.05) is 0 Å². The van der Waals surface area contributed by atoms with Crippen molar-refractivity contribution in [1.82, 2.24) is 5.32 Å². The Labute approximate surface area is 162 Å². The predicted molar refractivity (Wildman–Crippen MR) is 103 cm³/mol. The first-order chi connectivity index (χ1) is 12.8. The number of carbonyl (C=O) groups excluding carboxylic acids is 1. The Hall–Kier alpha value is -1.97. The van der Waals surface area contributed by atoms with Crippen LogP contribution in [0.5, 0.6) is 0 Å². The summed E-state index contributed by atoms with van der Waals surface area (Å²) in [7, 11) is -3.96. The van der Waals surface area contributed by atoms with Crippen LogP contribution in [0.1, 0.15) is 11.1 Å². The molecule has 2 aromatic carbocycles. The van der Waals surface area contributed by atoms with E-state index in [4.69, 9.17) is 21.5 Å². The fourth-order valence-corrected chi connectivity index (χ4v) is 3.61. The molecule has 1 fully saturated rings. The number of carbonyl (C=O) groups is 1. The van der Waals surface area contributed by atoms with E-state index in [1.165, 1.54) is 6.07 Å². The Morgan fingerprint density at radius 1 is 1.22 bits per heavy atom. The molecule has 0 aromatic heterocycles. The SMILES string of the molecule is NS(=O)(=O)c1cc(NC(=O)Cc2ccccc2Cl)ccc1COC1CNC1. The van der Waals surface area contributed by atoms with E-state index in [1.54, 1.807) is 36.4 Å². The number of sulfonamides is 1. The highest BCUT2D eigenvalue weighted by Crippen LogP contribution is 2.22. The summed E-state index contributed by atoms with van der Waals surface area (Å²) in [6, 6.07) is 11.6. The quantitative estimate of drug-likeness (QED) is 0.644. The van der Waals surface area contributed by atoms with Gasteiger partial charge in [0, 0.05) is 23.8 Å². The predicted octanol–water partition coefficient (Wildman–Crippen LogP) is 1.66. The molecular weight excluding hydrogens is 390 g/mol. The zero-order valence-corrected chi connectivity index (χ0v) is 16.0. The van der Waals surface area contributed by atoms with Crippen molar-refractivity contribution in [2.75, 3.05) is 18.4 Å². The minimum atomic E-state index is -3.96. The second kappa shape index (κ2) is 8.37. The number of ether oxygens (including phenoxy) is 1. The van der Waals surface area contributed by atoms with Crippen molar-refractivity contribution in [3.8, 4) is 0 Å². The van der Waals surface area contributed by atoms with Gasteiger partial charge in [-0.25, -0.2) is 13.6 Å². The first-order valence-electron chi connectivity index (χ1n) is 8.34. The van der Waals surface area contributed by atoms with Crippen LogP contribution in [-0.4, -0.2) is 33.5 Å². The molecule has 2 aromatic rings. The number of benzene rings is 2. The molecule has 1 heterocycles. The van der Waals surface area contributed by atoms with Gasteiger partial charge in [0.25, 0.3) is 0 Å². The lowest BCUT2D eigenvalue weighted by Gasteiger charge is -2.27. The molecule has 0 atom stereocenters. The third-order valence-electron chi connectivity index (χ3n) is 4.18. The lowest BCUT2D eigenvalue weighted by atomic mass is 10.1. The number of rotatable bonds is 7. The fourth-order valence-electron chi connectivity index (χ4n) is 2.62. The first kappa shape index (κ1) is 19.8. The van der Waals surface area contributed by atoms with E-state index < -0.39 is 10.0 Å². The van der Waals surface area contributed by atoms with Crippen LogP contribution < -0.4 is 15.8 Å². The van der Waals surface area contributed by atoms with Crippen LogP contribution in [0.25, 0.3) is 0 Å². The molecule has 27 heavy (non-hydrogen) atoms. The Balaban J connectivity index is 1.73. The molecule has 1 aliphatic heterocycles. The van der Waals surface area contributed by atoms with Gasteiger partial charge in [-0.05, 0) is 29.3 Å². The summed E-state index contributed by atoms with van der Waals surface area (Å²) in [4.78, 5) is 12.2. The number of amides is 1. The fraction of sp³-hybridized carbons (Fsp3) is 0.278. The zero-order valence-electron chi connectivity index (χ0n) is 14.4. The summed E-state index contributed by atoms with van der Waals surface area (Å²) in [6.45, 7) is 1.60. The molecule has 1 aliphatic rings. The Morgan fingerprint density at radius 3 is 2.59 bits per heavy atom. The highest BCUT2D eigenvalue weighted by atomic mass is 35.5. The van der Waals surface area contributed by atoms with E-state index in [0.29, 0.717) is 21.8 Å². The molecule has 1 saturated heterocycles. The number of nitrogens with one attached hydrogen (secondary N) is 2. The largest absolute Gasteiger partial charge is 0.371 e. The Kier molecular flexibility index (Phi) is 6.13. The van der Waals surface area contributed by atoms with E-state index in [2.05, 4.69) is 10.6 Å². The van der Waals surface area contributed by atoms with Crippen LogP contribution >= 0.6 is 11.6 Å². The summed E-state index contributed by atoms with van der Waals surface area (Å²) in [6.07, 6.45) is 0.137. The summed E-state index contributed by atoms with van der Waals surface area (Å²) in [5.41, 5.74) is 1.47. The number of anilines is 1. The van der Waals surface area contributed by atoms with Crippen molar-refractivity contribution in [2.24, 2.45) is 5.14 Å². The molecule has 0 saturated carbocycles. The van der Waals surface area contributed by atoms with Gasteiger partial charge in [-0.2, -0.15) is 0 Å². The van der Waals surface area contributed by atoms with Crippen molar-refractivity contribution in [3.05, 3.63) is 58.6 Å². The summed E-state index contributed by atoms with van der Waals surface area (Å²) in [5, 5.41) is 11.6. The van der Waals surface area contributed by atoms with Gasteiger partial charge in [0.05, 0.1) is 24.0 Å². The topological polar surface area (TPSA) is 111 Å². The minimum absolute atomic E-state index is 0.0633. The van der Waals surface area contributed by atoms with Gasteiger partial charge >= 0.3 is 0 Å². The van der Waals surface area contributed by atoms with E-state index in [9.17, 15) is 13.2 Å². The number of nitrogens with two attached hydrogens (primary N) is 1. The third kappa shape index (κ3) is 5.27. The highest BCUT2D eigenvalue weighted by Gasteiger charge is 2.20. The summed E-state index contributed by atoms with van der Waals surface area (Å²) < 4.78 is 29.5. The van der Waals surface area contributed by atoms with Crippen LogP contribution in [-0.2, 0) is 32.6 Å². The highest BCUT2D eigenvalue weighted by molar-refractivity contribution is 7.89. The van der Waals surface area contributed by atoms with Crippen LogP contribution in [0.4, 0.5) is 5.69 Å². The molecule has 0 aliphatic carbocycles. The molecule has 9 heteroatoms. The van der Waals surface area contributed by atoms with Gasteiger partial charge in [0.15, 0.2) is 0 Å². The van der Waals surface area contributed by atoms with E-state index in [-0.39, 0.29) is 29.9 Å². The van der Waals surface area contributed by atoms with Crippen LogP contribution in [0.2, 0.25) is 5.02 Å². The third-order valence-corrected chi connectivity index (χ3v) is 5.55. The number of primary sulfonamides is 1. The number of halogens is 1. The molecule has 7 nitrogen and oxygen atoms in total. The van der Waals surface area contributed by atoms with Crippen molar-refractivity contribution >= 4 is 33.2 Å². The maximum Gasteiger partial charge on any atom is 0.238 e. The minimum Gasteiger partial charge on any atom is -0.371 e. The van der Waals surface area contributed by atoms with Gasteiger partial charge in [-0.15, -0.1) is 0 Å². The number of hydrogen-bond acceptors (Lipinski definition) is 5. The molecule has 0 spiro atoms. The van der Waals surface area contributed by atoms with Crippen LogP contribution in [0.15, 0.2) is 47.4 Å². The lowest BCUT2D eigenvalue weighted by molar-refractivity contribution is -0.115. The van der Waals surface area contributed by atoms with Crippen LogP contribution in [0, 0.1) is 0 Å². The standard InChI is InChI=1S/C18H20ClN3O4S/c19-16-4-2-1-3-12(16)7-18(23)22-14-6-5-13(11-26-15-9-21-10-15)17(8-14)27(20,24)25/h1-6,8,15,21H,7,9-11H2,(H,22,23)(H2,20,24,25). The first-order valence-corrected chi connectivity index (χ1v) is 10.3. The van der Waals surface area contributed by atoms with Gasteiger partial charge in [-0.1, -0.05) is 35.9 Å². The molecule has 0 unspecified atom stereocenters. The van der Waals surface area contributed by atoms with Crippen molar-refractivity contribution in [3.63, 3.8) is 0 Å². The smallest absolute Gasteiger partial charge is 0.238 e. The molecule has 1 amide bonds. The van der Waals surface area contributed by atoms with E-state index >= 15 is 0 Å². The average Bonchev–Trinajstić information content (AvgIpc) is 2.55. The van der Waals surface area contributed by atoms with Gasteiger partial charge in [0.1, 0.15) is 0 Å². The maximum absolute atomic E-state index is 12.3. The van der Waals surface area contributed by atoms with Gasteiger partial charge in [0.2, 0.25) is 15.9 Å². The zero-order chi connectivity index (χ0) is 19.4. The average molecular weight is 410 g/mol. The van der Waals surface area contributed by atoms with Gasteiger partial charge in [-0.3, -0.25) is 4.79 Å². The van der Waals surface area contributed by atoms with Crippen molar-refractivity contribution in [2.45, 2.75) is 24.0 Å². The summed E-state index contributed by atoms with van der Waals surface area (Å²) in [5.74, 6) is -0.312. The molecular formula is C18H20ClN3O4S. The lowest BCUT2D eigenvalue weighted by Crippen LogP contribution is -2.48. The summed E-state index contributed by atoms with van der Waals surface area (Å²) >= 11 is 6.06. The second-order valence-electron chi connectivity index (χ2n) is 6.28. The molecule has 3 rings (SSSR count). The molecule has 4 N–H and O–H groups in total. The maximum atomic E-state index is 12.3.